The van der Waals surface area contributed by atoms with Crippen LogP contribution in [0.4, 0.5) is 87.8 Å². The van der Waals surface area contributed by atoms with Gasteiger partial charge in [0.15, 0.2) is 87.1 Å². The predicted molar refractivity (Wildman–Crippen MR) is 335 cm³/mol. The van der Waals surface area contributed by atoms with E-state index >= 15 is 35.1 Å². The Morgan fingerprint density at radius 3 is 0.583 bits per heavy atom. The van der Waals surface area contributed by atoms with Crippen molar-refractivity contribution >= 4 is 38.9 Å². The minimum Gasteiger partial charge on any atom is -0.491 e. The Morgan fingerprint density at radius 1 is 0.194 bits per heavy atom. The first-order valence-electron chi connectivity index (χ1n) is 30.4. The molecule has 0 aliphatic rings. The second-order valence-corrected chi connectivity index (χ2v) is 23.2. The van der Waals surface area contributed by atoms with E-state index in [2.05, 4.69) is 18.2 Å². The number of rotatable bonds is 31. The predicted octanol–water partition coefficient (Wildman–Crippen LogP) is 15.1. The molecule has 0 spiro atoms. The molecule has 9 nitrogen and oxygen atoms in total. The fourth-order valence-electron chi connectivity index (χ4n) is 10.6. The van der Waals surface area contributed by atoms with Crippen molar-refractivity contribution in [2.24, 2.45) is 0 Å². The second-order valence-electron chi connectivity index (χ2n) is 21.3. The van der Waals surface area contributed by atoms with Crippen molar-refractivity contribution < 1.29 is 130 Å². The lowest BCUT2D eigenvalue weighted by Gasteiger charge is -2.44. The summed E-state index contributed by atoms with van der Waals surface area (Å²) in [5.41, 5.74) is -14.3. The molecule has 0 atom stereocenters. The molecule has 31 heteroatoms. The van der Waals surface area contributed by atoms with Gasteiger partial charge in [-0.05, 0) is 72.8 Å². The topological polar surface area (TPSA) is 83.1 Å². The van der Waals surface area contributed by atoms with Gasteiger partial charge < -0.3 is 42.6 Å². The van der Waals surface area contributed by atoms with Crippen LogP contribution in [-0.4, -0.2) is 85.4 Å². The molecule has 0 saturated heterocycles. The number of halogens is 20. The van der Waals surface area contributed by atoms with E-state index in [9.17, 15) is 52.7 Å². The minimum absolute atomic E-state index is 0.368. The number of hydrogen-bond acceptors (Lipinski definition) is 9. The summed E-state index contributed by atoms with van der Waals surface area (Å²) in [6.07, 6.45) is -7.22. The van der Waals surface area contributed by atoms with Crippen LogP contribution in [0.15, 0.2) is 178 Å². The maximum Gasteiger partial charge on any atom is 0.208 e. The molecule has 0 bridgehead atoms. The maximum atomic E-state index is 15.4. The van der Waals surface area contributed by atoms with E-state index in [1.165, 1.54) is 0 Å². The lowest BCUT2D eigenvalue weighted by atomic mass is 9.12. The van der Waals surface area contributed by atoms with Gasteiger partial charge in [0, 0.05) is 0 Å². The Kier molecular flexibility index (Phi) is 26.7. The van der Waals surface area contributed by atoms with E-state index < -0.39 is 155 Å². The highest BCUT2D eigenvalue weighted by Gasteiger charge is 2.52. The van der Waals surface area contributed by atoms with Crippen LogP contribution in [0, 0.1) is 116 Å². The lowest BCUT2D eigenvalue weighted by Crippen LogP contribution is -2.81. The first-order valence-corrected chi connectivity index (χ1v) is 31.7. The zero-order chi connectivity index (χ0) is 74.1. The third-order valence-electron chi connectivity index (χ3n) is 15.1. The summed E-state index contributed by atoms with van der Waals surface area (Å²) in [6, 6.07) is 53.5. The summed E-state index contributed by atoms with van der Waals surface area (Å²) >= 11 is 0. The Labute approximate surface area is 575 Å². The van der Waals surface area contributed by atoms with Crippen LogP contribution < -0.4 is 50.3 Å². The molecule has 542 valence electrons. The third-order valence-corrected chi connectivity index (χ3v) is 17.4. The zero-order valence-corrected chi connectivity index (χ0v) is 53.6. The van der Waals surface area contributed by atoms with Gasteiger partial charge in [-0.3, -0.25) is 0 Å². The molecule has 10 aromatic carbocycles. The molecular weight excluding hydrogens is 1430 g/mol. The first kappa shape index (κ1) is 77.1. The third kappa shape index (κ3) is 17.0. The maximum absolute atomic E-state index is 15.4. The van der Waals surface area contributed by atoms with E-state index in [1.807, 2.05) is 146 Å². The number of benzene rings is 10. The van der Waals surface area contributed by atoms with Crippen LogP contribution in [0.3, 0.4) is 0 Å². The van der Waals surface area contributed by atoms with Gasteiger partial charge in [-0.15, -0.1) is 21.9 Å². The van der Waals surface area contributed by atoms with Gasteiger partial charge in [0.25, 0.3) is 0 Å². The molecule has 0 saturated carbocycles. The van der Waals surface area contributed by atoms with E-state index in [1.54, 1.807) is 0 Å². The zero-order valence-electron chi connectivity index (χ0n) is 52.8. The van der Waals surface area contributed by atoms with Crippen molar-refractivity contribution in [2.75, 3.05) is 79.3 Å². The highest BCUT2D eigenvalue weighted by molar-refractivity contribution is 7.97. The Balaban J connectivity index is 0.000000247. The van der Waals surface area contributed by atoms with Crippen molar-refractivity contribution in [1.29, 1.82) is 0 Å². The summed E-state index contributed by atoms with van der Waals surface area (Å²) in [7, 11) is -0.701. The van der Waals surface area contributed by atoms with Gasteiger partial charge in [-0.25, -0.2) is 87.8 Å². The van der Waals surface area contributed by atoms with Crippen molar-refractivity contribution in [3.63, 3.8) is 0 Å². The average molecular weight is 1480 g/mol. The monoisotopic (exact) mass is 1480 g/mol. The van der Waals surface area contributed by atoms with Crippen molar-refractivity contribution in [3.8, 4) is 34.5 Å². The van der Waals surface area contributed by atoms with E-state index in [0.717, 1.165) is 49.2 Å². The molecule has 0 fully saturated rings. The van der Waals surface area contributed by atoms with Gasteiger partial charge in [0.1, 0.15) is 120 Å². The van der Waals surface area contributed by atoms with Crippen LogP contribution in [-0.2, 0) is 25.1 Å². The van der Waals surface area contributed by atoms with Crippen molar-refractivity contribution in [3.05, 3.63) is 280 Å². The molecule has 0 radical (unpaired) electrons. The molecule has 0 heterocycles. The van der Waals surface area contributed by atoms with Crippen molar-refractivity contribution in [2.45, 2.75) is 14.7 Å². The molecule has 0 amide bonds. The van der Waals surface area contributed by atoms with E-state index in [-0.39, 0.29) is 0 Å². The van der Waals surface area contributed by atoms with Crippen LogP contribution in [0.5, 0.6) is 34.5 Å². The number of hydrogen-bond donors (Lipinski definition) is 0. The molecular formula is C72H51BF20O9S. The fraction of sp³-hybridized carbons (Fsp3) is 0.167. The standard InChI is InChI=1S/C48H51O9S.C24BF20/c1-4-16-40(17-5-1)52-34-28-49-31-37-55-43-22-10-13-25-46(43)58(47-26-14-11-23-44(47)56-38-32-50-29-35-53-41-18-6-2-7-19-41)48-27-15-12-24-45(48)57-39-33-51-30-36-54-42-20-8-3-9-21-42;26-5-1(6(27)14(35)21(42)13(5)34)25(2-7(28)15(36)22(43)16(37)8(2)29,3-9(30)17(38)23(44)18(39)10(3)31)4-11(32)19(40)24(45)20(41)12(4)33/h1-27H,28-39H2;/q+1;-1. The quantitative estimate of drug-likeness (QED) is 0.0105. The fourth-order valence-corrected chi connectivity index (χ4v) is 12.9. The van der Waals surface area contributed by atoms with Gasteiger partial charge in [-0.2, -0.15) is 0 Å². The van der Waals surface area contributed by atoms with E-state index in [4.69, 9.17) is 42.6 Å². The molecule has 0 aliphatic carbocycles. The van der Waals surface area contributed by atoms with Crippen LogP contribution >= 0.6 is 0 Å². The van der Waals surface area contributed by atoms with Gasteiger partial charge in [0.05, 0.1) is 39.6 Å². The summed E-state index contributed by atoms with van der Waals surface area (Å²) in [5, 5.41) is 0. The summed E-state index contributed by atoms with van der Waals surface area (Å²) in [4.78, 5) is 2.97. The normalized spacial score (nSPS) is 11.4. The second kappa shape index (κ2) is 35.7. The first-order chi connectivity index (χ1) is 49.6. The van der Waals surface area contributed by atoms with Crippen LogP contribution in [0.2, 0.25) is 0 Å². The lowest BCUT2D eigenvalue weighted by molar-refractivity contribution is 0.0754. The molecule has 0 N–H and O–H groups in total. The molecule has 10 rings (SSSR count). The highest BCUT2D eigenvalue weighted by atomic mass is 32.2. The van der Waals surface area contributed by atoms with Gasteiger partial charge in [-0.1, -0.05) is 91.0 Å². The highest BCUT2D eigenvalue weighted by Crippen LogP contribution is 2.44. The molecule has 10 aromatic rings. The average Bonchev–Trinajstić information content (AvgIpc) is 0.681. The summed E-state index contributed by atoms with van der Waals surface area (Å²) in [6.45, 7) is 5.05. The minimum atomic E-state index is -7.22. The SMILES string of the molecule is Fc1c(F)c(F)c([B-](c2c(F)c(F)c(F)c(F)c2F)(c2c(F)c(F)c(F)c(F)c2F)c2c(F)c(F)c(F)c(F)c2F)c(F)c1F.c1ccc(OCCOCCOc2ccccc2[S+](c2ccccc2OCCOCCOc2ccccc2)c2ccccc2OCCOCCOc2ccccc2)cc1. The number of ether oxygens (including phenoxy) is 9. The largest absolute Gasteiger partial charge is 0.491 e. The van der Waals surface area contributed by atoms with E-state index in [0.29, 0.717) is 79.3 Å². The van der Waals surface area contributed by atoms with Gasteiger partial charge >= 0.3 is 0 Å². The summed E-state index contributed by atoms with van der Waals surface area (Å²) in [5.74, 6) is -66.7. The Bertz CT molecular complexity index is 3950. The van der Waals surface area contributed by atoms with Crippen molar-refractivity contribution in [1.82, 2.24) is 0 Å². The molecule has 0 aromatic heterocycles. The van der Waals surface area contributed by atoms with Gasteiger partial charge in [0.2, 0.25) is 14.7 Å². The Morgan fingerprint density at radius 2 is 0.369 bits per heavy atom. The Hall–Kier alpha value is -10.1. The van der Waals surface area contributed by atoms with Crippen LogP contribution in [0.25, 0.3) is 0 Å². The molecule has 0 unspecified atom stereocenters. The smallest absolute Gasteiger partial charge is 0.208 e. The summed E-state index contributed by atoms with van der Waals surface area (Å²) < 4.78 is 348. The molecule has 103 heavy (non-hydrogen) atoms. The van der Waals surface area contributed by atoms with Crippen LogP contribution in [0.1, 0.15) is 0 Å². The number of para-hydroxylation sites is 6. The molecule has 0 aliphatic heterocycles.